The Morgan fingerprint density at radius 3 is 2.70 bits per heavy atom. The van der Waals surface area contributed by atoms with Crippen molar-refractivity contribution in [1.82, 2.24) is 4.98 Å². The summed E-state index contributed by atoms with van der Waals surface area (Å²) < 4.78 is 1.03. The van der Waals surface area contributed by atoms with Crippen LogP contribution in [0.5, 0.6) is 0 Å². The molecule has 2 N–H and O–H groups in total. The van der Waals surface area contributed by atoms with Crippen molar-refractivity contribution in [3.63, 3.8) is 0 Å². The Hall–Kier alpha value is -2.73. The lowest BCUT2D eigenvalue weighted by molar-refractivity contribution is -0.114. The van der Waals surface area contributed by atoms with Crippen molar-refractivity contribution in [3.8, 4) is 0 Å². The van der Waals surface area contributed by atoms with E-state index < -0.39 is 0 Å². The minimum atomic E-state index is -0.256. The van der Waals surface area contributed by atoms with E-state index in [1.165, 1.54) is 18.3 Å². The number of carbonyl (C=O) groups is 2. The first kappa shape index (κ1) is 15.2. The highest BCUT2D eigenvalue weighted by Crippen LogP contribution is 2.27. The maximum Gasteiger partial charge on any atom is 0.257 e. The van der Waals surface area contributed by atoms with Crippen LogP contribution >= 0.6 is 11.3 Å². The van der Waals surface area contributed by atoms with Gasteiger partial charge in [-0.1, -0.05) is 23.5 Å². The molecule has 0 unspecified atom stereocenters. The molecule has 0 aliphatic rings. The number of hydrogen-bond acceptors (Lipinski definition) is 4. The number of aromatic nitrogens is 1. The predicted octanol–water partition coefficient (Wildman–Crippen LogP) is 3.82. The Morgan fingerprint density at radius 2 is 1.91 bits per heavy atom. The van der Waals surface area contributed by atoms with E-state index in [1.807, 2.05) is 25.1 Å². The minimum Gasteiger partial charge on any atom is -0.326 e. The zero-order valence-corrected chi connectivity index (χ0v) is 13.5. The molecular formula is C17H15N3O2S. The first-order valence-corrected chi connectivity index (χ1v) is 7.89. The van der Waals surface area contributed by atoms with E-state index in [2.05, 4.69) is 15.6 Å². The summed E-state index contributed by atoms with van der Waals surface area (Å²) in [5, 5.41) is 6.02. The van der Waals surface area contributed by atoms with Crippen molar-refractivity contribution in [2.75, 3.05) is 10.6 Å². The van der Waals surface area contributed by atoms with Crippen molar-refractivity contribution >= 4 is 44.2 Å². The van der Waals surface area contributed by atoms with Crippen LogP contribution in [0.3, 0.4) is 0 Å². The van der Waals surface area contributed by atoms with E-state index in [1.54, 1.807) is 24.3 Å². The van der Waals surface area contributed by atoms with Gasteiger partial charge in [-0.15, -0.1) is 0 Å². The molecule has 1 aromatic heterocycles. The molecule has 116 valence electrons. The molecule has 0 saturated carbocycles. The van der Waals surface area contributed by atoms with Crippen molar-refractivity contribution < 1.29 is 9.59 Å². The van der Waals surface area contributed by atoms with Gasteiger partial charge in [-0.2, -0.15) is 0 Å². The van der Waals surface area contributed by atoms with Crippen LogP contribution in [0, 0.1) is 6.92 Å². The normalized spacial score (nSPS) is 10.5. The van der Waals surface area contributed by atoms with Crippen LogP contribution in [0.25, 0.3) is 10.2 Å². The van der Waals surface area contributed by atoms with Crippen LogP contribution in [-0.2, 0) is 4.79 Å². The van der Waals surface area contributed by atoms with Gasteiger partial charge >= 0.3 is 0 Å². The maximum atomic E-state index is 12.3. The Balaban J connectivity index is 1.81. The van der Waals surface area contributed by atoms with Crippen LogP contribution in [0.2, 0.25) is 0 Å². The molecule has 0 fully saturated rings. The molecule has 0 spiro atoms. The van der Waals surface area contributed by atoms with Crippen molar-refractivity contribution in [1.29, 1.82) is 0 Å². The number of benzene rings is 2. The Labute approximate surface area is 137 Å². The molecule has 2 aromatic carbocycles. The number of hydrogen-bond donors (Lipinski definition) is 2. The van der Waals surface area contributed by atoms with Crippen LogP contribution in [-0.4, -0.2) is 16.8 Å². The molecular weight excluding hydrogens is 310 g/mol. The largest absolute Gasteiger partial charge is 0.326 e. The second-order valence-electron chi connectivity index (χ2n) is 5.21. The van der Waals surface area contributed by atoms with Gasteiger partial charge in [0, 0.05) is 18.2 Å². The summed E-state index contributed by atoms with van der Waals surface area (Å²) in [6.07, 6.45) is 0. The van der Waals surface area contributed by atoms with Crippen molar-refractivity contribution in [3.05, 3.63) is 53.6 Å². The molecule has 1 heterocycles. The summed E-state index contributed by atoms with van der Waals surface area (Å²) in [4.78, 5) is 27.8. The molecule has 0 radical (unpaired) electrons. The van der Waals surface area contributed by atoms with Crippen LogP contribution in [0.4, 0.5) is 10.8 Å². The topological polar surface area (TPSA) is 71.1 Å². The van der Waals surface area contributed by atoms with Gasteiger partial charge in [-0.25, -0.2) is 4.98 Å². The smallest absolute Gasteiger partial charge is 0.257 e. The number of amides is 2. The van der Waals surface area contributed by atoms with E-state index in [4.69, 9.17) is 0 Å². The van der Waals surface area contributed by atoms with Gasteiger partial charge < -0.3 is 5.32 Å². The first-order chi connectivity index (χ1) is 11.0. The lowest BCUT2D eigenvalue weighted by Gasteiger charge is -2.05. The summed E-state index contributed by atoms with van der Waals surface area (Å²) in [7, 11) is 0. The number of aryl methyl sites for hydroxylation is 1. The summed E-state index contributed by atoms with van der Waals surface area (Å²) in [5.41, 5.74) is 3.07. The number of rotatable bonds is 3. The fraction of sp³-hybridized carbons (Fsp3) is 0.118. The monoisotopic (exact) mass is 325 g/mol. The Kier molecular flexibility index (Phi) is 4.08. The second kappa shape index (κ2) is 6.18. The second-order valence-corrected chi connectivity index (χ2v) is 6.24. The summed E-state index contributed by atoms with van der Waals surface area (Å²) in [6, 6.07) is 12.8. The summed E-state index contributed by atoms with van der Waals surface area (Å²) in [5.74, 6) is -0.433. The quantitative estimate of drug-likeness (QED) is 0.769. The molecule has 0 atom stereocenters. The third kappa shape index (κ3) is 3.54. The lowest BCUT2D eigenvalue weighted by Crippen LogP contribution is -2.12. The van der Waals surface area contributed by atoms with Gasteiger partial charge in [0.2, 0.25) is 5.91 Å². The van der Waals surface area contributed by atoms with Crippen LogP contribution in [0.1, 0.15) is 22.8 Å². The molecule has 3 aromatic rings. The molecule has 0 saturated heterocycles. The van der Waals surface area contributed by atoms with Gasteiger partial charge in [0.1, 0.15) is 0 Å². The fourth-order valence-electron chi connectivity index (χ4n) is 2.20. The van der Waals surface area contributed by atoms with Gasteiger partial charge in [-0.3, -0.25) is 14.9 Å². The van der Waals surface area contributed by atoms with Gasteiger partial charge in [0.15, 0.2) is 5.13 Å². The van der Waals surface area contributed by atoms with Gasteiger partial charge in [-0.05, 0) is 42.8 Å². The number of nitrogens with one attached hydrogen (secondary N) is 2. The molecule has 3 rings (SSSR count). The first-order valence-electron chi connectivity index (χ1n) is 7.07. The molecule has 2 amide bonds. The SMILES string of the molecule is CC(=O)Nc1cccc(C(=O)Nc2nc3ccc(C)cc3s2)c1. The number of thiazole rings is 1. The number of nitrogens with zero attached hydrogens (tertiary/aromatic N) is 1. The van der Waals surface area contributed by atoms with Crippen LogP contribution < -0.4 is 10.6 Å². The molecule has 5 nitrogen and oxygen atoms in total. The summed E-state index contributed by atoms with van der Waals surface area (Å²) in [6.45, 7) is 3.45. The standard InChI is InChI=1S/C17H15N3O2S/c1-10-6-7-14-15(8-10)23-17(19-14)20-16(22)12-4-3-5-13(9-12)18-11(2)21/h3-9H,1-2H3,(H,18,21)(H,19,20,22). The third-order valence-corrected chi connectivity index (χ3v) is 4.14. The van der Waals surface area contributed by atoms with E-state index in [0.29, 0.717) is 16.4 Å². The molecule has 0 bridgehead atoms. The van der Waals surface area contributed by atoms with Crippen molar-refractivity contribution in [2.24, 2.45) is 0 Å². The average Bonchev–Trinajstić information content (AvgIpc) is 2.88. The number of carbonyl (C=O) groups excluding carboxylic acids is 2. The molecule has 23 heavy (non-hydrogen) atoms. The average molecular weight is 325 g/mol. The lowest BCUT2D eigenvalue weighted by atomic mass is 10.2. The van der Waals surface area contributed by atoms with E-state index in [9.17, 15) is 9.59 Å². The Bertz CT molecular complexity index is 902. The van der Waals surface area contributed by atoms with Gasteiger partial charge in [0.25, 0.3) is 5.91 Å². The van der Waals surface area contributed by atoms with Gasteiger partial charge in [0.05, 0.1) is 10.2 Å². The van der Waals surface area contributed by atoms with Crippen molar-refractivity contribution in [2.45, 2.75) is 13.8 Å². The fourth-order valence-corrected chi connectivity index (χ4v) is 3.16. The van der Waals surface area contributed by atoms with E-state index in [-0.39, 0.29) is 11.8 Å². The Morgan fingerprint density at radius 1 is 1.09 bits per heavy atom. The number of fused-ring (bicyclic) bond motifs is 1. The van der Waals surface area contributed by atoms with E-state index in [0.717, 1.165) is 15.8 Å². The highest BCUT2D eigenvalue weighted by Gasteiger charge is 2.11. The van der Waals surface area contributed by atoms with E-state index >= 15 is 0 Å². The minimum absolute atomic E-state index is 0.177. The summed E-state index contributed by atoms with van der Waals surface area (Å²) >= 11 is 1.44. The highest BCUT2D eigenvalue weighted by molar-refractivity contribution is 7.22. The predicted molar refractivity (Wildman–Crippen MR) is 93.1 cm³/mol. The molecule has 6 heteroatoms. The maximum absolute atomic E-state index is 12.3. The van der Waals surface area contributed by atoms with Crippen LogP contribution in [0.15, 0.2) is 42.5 Å². The molecule has 0 aliphatic carbocycles. The highest BCUT2D eigenvalue weighted by atomic mass is 32.1. The number of anilines is 2. The molecule has 0 aliphatic heterocycles. The zero-order chi connectivity index (χ0) is 16.4. The zero-order valence-electron chi connectivity index (χ0n) is 12.7. The third-order valence-electron chi connectivity index (χ3n) is 3.21.